The minimum atomic E-state index is 0.501. The van der Waals surface area contributed by atoms with Crippen LogP contribution in [0.5, 0.6) is 0 Å². The van der Waals surface area contributed by atoms with Crippen LogP contribution >= 0.6 is 11.3 Å². The number of anilines is 1. The third kappa shape index (κ3) is 1.57. The molecule has 1 aliphatic heterocycles. The first kappa shape index (κ1) is 9.72. The van der Waals surface area contributed by atoms with Crippen molar-refractivity contribution < 1.29 is 4.79 Å². The number of carbonyl (C=O) groups is 1. The van der Waals surface area contributed by atoms with Crippen molar-refractivity contribution in [2.75, 3.05) is 18.0 Å². The Bertz CT molecular complexity index is 531. The third-order valence-corrected chi connectivity index (χ3v) is 3.68. The lowest BCUT2D eigenvalue weighted by Crippen LogP contribution is -2.18. The molecule has 2 aromatic heterocycles. The van der Waals surface area contributed by atoms with E-state index in [1.165, 1.54) is 24.2 Å². The van der Waals surface area contributed by atoms with E-state index in [2.05, 4.69) is 14.9 Å². The number of pyridine rings is 1. The quantitative estimate of drug-likeness (QED) is 0.745. The number of thiazole rings is 1. The summed E-state index contributed by atoms with van der Waals surface area (Å²) in [5, 5.41) is 0.501. The molecule has 2 aromatic rings. The first-order valence-electron chi connectivity index (χ1n) is 5.34. The Hall–Kier alpha value is -1.49. The molecule has 1 aliphatic rings. The lowest BCUT2D eigenvalue weighted by molar-refractivity contribution is 0.112. The van der Waals surface area contributed by atoms with Crippen molar-refractivity contribution >= 4 is 33.8 Å². The maximum Gasteiger partial charge on any atom is 0.178 e. The number of rotatable bonds is 2. The first-order valence-corrected chi connectivity index (χ1v) is 6.16. The molecule has 5 heteroatoms. The molecule has 0 saturated carbocycles. The maximum absolute atomic E-state index is 10.6. The molecule has 0 spiro atoms. The molecular weight excluding hydrogens is 222 g/mol. The molecule has 0 atom stereocenters. The van der Waals surface area contributed by atoms with Gasteiger partial charge in [-0.25, -0.2) is 9.97 Å². The average molecular weight is 233 g/mol. The standard InChI is InChI=1S/C11H11N3OS/c15-7-10-12-8-3-4-9(13-11(8)16-10)14-5-1-2-6-14/h3-4,7H,1-2,5-6H2. The first-order chi connectivity index (χ1) is 7.86. The molecule has 4 nitrogen and oxygen atoms in total. The largest absolute Gasteiger partial charge is 0.357 e. The van der Waals surface area contributed by atoms with Crippen LogP contribution < -0.4 is 4.90 Å². The molecule has 0 radical (unpaired) electrons. The van der Waals surface area contributed by atoms with E-state index in [-0.39, 0.29) is 0 Å². The van der Waals surface area contributed by atoms with Crippen LogP contribution in [0.3, 0.4) is 0 Å². The van der Waals surface area contributed by atoms with Gasteiger partial charge in [0.2, 0.25) is 0 Å². The molecular formula is C11H11N3OS. The summed E-state index contributed by atoms with van der Waals surface area (Å²) in [5.74, 6) is 1.01. The molecule has 3 rings (SSSR count). The smallest absolute Gasteiger partial charge is 0.178 e. The Kier molecular flexibility index (Phi) is 2.32. The van der Waals surface area contributed by atoms with Crippen LogP contribution in [0.15, 0.2) is 12.1 Å². The molecule has 0 amide bonds. The van der Waals surface area contributed by atoms with Crippen LogP contribution in [0.2, 0.25) is 0 Å². The summed E-state index contributed by atoms with van der Waals surface area (Å²) < 4.78 is 0. The fraction of sp³-hybridized carbons (Fsp3) is 0.364. The van der Waals surface area contributed by atoms with E-state index < -0.39 is 0 Å². The van der Waals surface area contributed by atoms with E-state index in [0.717, 1.165) is 35.5 Å². The Balaban J connectivity index is 2.03. The minimum Gasteiger partial charge on any atom is -0.357 e. The van der Waals surface area contributed by atoms with E-state index in [4.69, 9.17) is 0 Å². The van der Waals surface area contributed by atoms with Crippen molar-refractivity contribution in [3.63, 3.8) is 0 Å². The highest BCUT2D eigenvalue weighted by molar-refractivity contribution is 7.19. The number of fused-ring (bicyclic) bond motifs is 1. The second kappa shape index (κ2) is 3.83. The summed E-state index contributed by atoms with van der Waals surface area (Å²) in [6.07, 6.45) is 3.26. The van der Waals surface area contributed by atoms with Crippen LogP contribution in [-0.4, -0.2) is 29.3 Å². The molecule has 0 N–H and O–H groups in total. The Morgan fingerprint density at radius 3 is 2.81 bits per heavy atom. The normalized spacial score (nSPS) is 15.9. The highest BCUT2D eigenvalue weighted by atomic mass is 32.1. The van der Waals surface area contributed by atoms with E-state index in [0.29, 0.717) is 5.01 Å². The average Bonchev–Trinajstić information content (AvgIpc) is 2.96. The van der Waals surface area contributed by atoms with Crippen molar-refractivity contribution in [1.82, 2.24) is 9.97 Å². The Morgan fingerprint density at radius 2 is 2.06 bits per heavy atom. The molecule has 0 aliphatic carbocycles. The van der Waals surface area contributed by atoms with Crippen LogP contribution in [-0.2, 0) is 0 Å². The predicted molar refractivity (Wildman–Crippen MR) is 64.2 cm³/mol. The van der Waals surface area contributed by atoms with E-state index in [9.17, 15) is 4.79 Å². The highest BCUT2D eigenvalue weighted by Gasteiger charge is 2.14. The minimum absolute atomic E-state index is 0.501. The monoisotopic (exact) mass is 233 g/mol. The molecule has 0 aromatic carbocycles. The summed E-state index contributed by atoms with van der Waals surface area (Å²) >= 11 is 1.35. The number of carbonyl (C=O) groups excluding carboxylic acids is 1. The van der Waals surface area contributed by atoms with Gasteiger partial charge in [0.15, 0.2) is 11.3 Å². The second-order valence-electron chi connectivity index (χ2n) is 3.86. The molecule has 3 heterocycles. The van der Waals surface area contributed by atoms with Crippen LogP contribution in [0.25, 0.3) is 10.3 Å². The lowest BCUT2D eigenvalue weighted by atomic mass is 10.4. The van der Waals surface area contributed by atoms with Gasteiger partial charge in [-0.05, 0) is 25.0 Å². The zero-order valence-corrected chi connectivity index (χ0v) is 9.54. The van der Waals surface area contributed by atoms with Crippen molar-refractivity contribution in [1.29, 1.82) is 0 Å². The third-order valence-electron chi connectivity index (χ3n) is 2.79. The molecule has 82 valence electrons. The number of aldehydes is 1. The molecule has 1 saturated heterocycles. The van der Waals surface area contributed by atoms with Gasteiger partial charge >= 0.3 is 0 Å². The Morgan fingerprint density at radius 1 is 1.25 bits per heavy atom. The van der Waals surface area contributed by atoms with Gasteiger partial charge in [0.1, 0.15) is 16.2 Å². The zero-order chi connectivity index (χ0) is 11.0. The SMILES string of the molecule is O=Cc1nc2ccc(N3CCCC3)nc2s1. The number of aromatic nitrogens is 2. The van der Waals surface area contributed by atoms with Gasteiger partial charge in [0.25, 0.3) is 0 Å². The maximum atomic E-state index is 10.6. The molecule has 0 bridgehead atoms. The highest BCUT2D eigenvalue weighted by Crippen LogP contribution is 2.24. The van der Waals surface area contributed by atoms with Crippen LogP contribution in [0, 0.1) is 0 Å². The van der Waals surface area contributed by atoms with E-state index in [1.54, 1.807) is 0 Å². The summed E-state index contributed by atoms with van der Waals surface area (Å²) in [6.45, 7) is 2.16. The van der Waals surface area contributed by atoms with E-state index >= 15 is 0 Å². The van der Waals surface area contributed by atoms with Crippen molar-refractivity contribution in [3.8, 4) is 0 Å². The van der Waals surface area contributed by atoms with Gasteiger partial charge in [-0.3, -0.25) is 4.79 Å². The van der Waals surface area contributed by atoms with Crippen LogP contribution in [0.1, 0.15) is 22.6 Å². The van der Waals surface area contributed by atoms with Crippen LogP contribution in [0.4, 0.5) is 5.82 Å². The summed E-state index contributed by atoms with van der Waals surface area (Å²) in [7, 11) is 0. The summed E-state index contributed by atoms with van der Waals surface area (Å²) in [5.41, 5.74) is 0.815. The van der Waals surface area contributed by atoms with Gasteiger partial charge in [-0.15, -0.1) is 0 Å². The van der Waals surface area contributed by atoms with Crippen molar-refractivity contribution in [2.45, 2.75) is 12.8 Å². The van der Waals surface area contributed by atoms with Gasteiger partial charge in [0.05, 0.1) is 0 Å². The molecule has 16 heavy (non-hydrogen) atoms. The topological polar surface area (TPSA) is 46.1 Å². The second-order valence-corrected chi connectivity index (χ2v) is 4.87. The number of hydrogen-bond donors (Lipinski definition) is 0. The predicted octanol–water partition coefficient (Wildman–Crippen LogP) is 2.10. The van der Waals surface area contributed by atoms with Crippen molar-refractivity contribution in [3.05, 3.63) is 17.1 Å². The van der Waals surface area contributed by atoms with Crippen molar-refractivity contribution in [2.24, 2.45) is 0 Å². The lowest BCUT2D eigenvalue weighted by Gasteiger charge is -2.15. The van der Waals surface area contributed by atoms with Gasteiger partial charge in [-0.2, -0.15) is 0 Å². The fourth-order valence-corrected chi connectivity index (χ4v) is 2.74. The Labute approximate surface area is 96.9 Å². The number of hydrogen-bond acceptors (Lipinski definition) is 5. The van der Waals surface area contributed by atoms with Gasteiger partial charge in [0, 0.05) is 13.1 Å². The molecule has 1 fully saturated rings. The fourth-order valence-electron chi connectivity index (χ4n) is 2.00. The zero-order valence-electron chi connectivity index (χ0n) is 8.72. The van der Waals surface area contributed by atoms with Gasteiger partial charge < -0.3 is 4.90 Å². The summed E-state index contributed by atoms with van der Waals surface area (Å²) in [6, 6.07) is 3.93. The van der Waals surface area contributed by atoms with Gasteiger partial charge in [-0.1, -0.05) is 11.3 Å². The summed E-state index contributed by atoms with van der Waals surface area (Å²) in [4.78, 5) is 22.5. The van der Waals surface area contributed by atoms with E-state index in [1.807, 2.05) is 12.1 Å². The number of nitrogens with zero attached hydrogens (tertiary/aromatic N) is 3. The molecule has 0 unspecified atom stereocenters.